The van der Waals surface area contributed by atoms with E-state index in [2.05, 4.69) is 9.97 Å². The molecule has 0 spiro atoms. The van der Waals surface area contributed by atoms with Crippen LogP contribution in [0.3, 0.4) is 0 Å². The minimum Gasteiger partial charge on any atom is -0.480 e. The number of H-pyrrole nitrogens is 1. The van der Waals surface area contributed by atoms with Gasteiger partial charge in [0, 0.05) is 31.2 Å². The summed E-state index contributed by atoms with van der Waals surface area (Å²) < 4.78 is 0.326. The van der Waals surface area contributed by atoms with Gasteiger partial charge in [0.1, 0.15) is 11.9 Å². The summed E-state index contributed by atoms with van der Waals surface area (Å²) >= 11 is 0. The van der Waals surface area contributed by atoms with Crippen molar-refractivity contribution in [2.24, 2.45) is 5.73 Å². The zero-order valence-electron chi connectivity index (χ0n) is 12.5. The summed E-state index contributed by atoms with van der Waals surface area (Å²) in [5, 5.41) is 18.0. The van der Waals surface area contributed by atoms with Gasteiger partial charge in [0.25, 0.3) is 0 Å². The minimum atomic E-state index is -1.07. The molecule has 118 valence electrons. The van der Waals surface area contributed by atoms with Crippen molar-refractivity contribution in [1.29, 1.82) is 0 Å². The van der Waals surface area contributed by atoms with E-state index >= 15 is 0 Å². The molecule has 21 heavy (non-hydrogen) atoms. The van der Waals surface area contributed by atoms with Gasteiger partial charge in [-0.05, 0) is 0 Å². The highest BCUT2D eigenvalue weighted by Gasteiger charge is 2.31. The first-order chi connectivity index (χ1) is 9.61. The summed E-state index contributed by atoms with van der Waals surface area (Å²) in [5.74, 6) is -1.27. The SMILES string of the molecule is C[N+](C)(C)C(CCc1ncc(C[C@H](N)C(=O)O)[nH]1)C(=O)O. The lowest BCUT2D eigenvalue weighted by Gasteiger charge is -2.30. The molecule has 2 atom stereocenters. The first-order valence-corrected chi connectivity index (χ1v) is 6.66. The van der Waals surface area contributed by atoms with Crippen LogP contribution < -0.4 is 5.73 Å². The number of aliphatic carboxylic acids is 2. The molecule has 0 aliphatic carbocycles. The number of likely N-dealkylation sites (N-methyl/N-ethyl adjacent to an activating group) is 1. The molecule has 8 heteroatoms. The number of carbonyl (C=O) groups is 2. The molecule has 0 radical (unpaired) electrons. The van der Waals surface area contributed by atoms with Crippen LogP contribution in [0.25, 0.3) is 0 Å². The summed E-state index contributed by atoms with van der Waals surface area (Å²) in [4.78, 5) is 29.1. The van der Waals surface area contributed by atoms with Gasteiger partial charge < -0.3 is 25.4 Å². The molecule has 0 amide bonds. The van der Waals surface area contributed by atoms with Gasteiger partial charge in [0.2, 0.25) is 0 Å². The van der Waals surface area contributed by atoms with Gasteiger partial charge in [0.05, 0.1) is 21.1 Å². The largest absolute Gasteiger partial charge is 0.480 e. The van der Waals surface area contributed by atoms with E-state index < -0.39 is 24.0 Å². The fraction of sp³-hybridized carbons (Fsp3) is 0.615. The second kappa shape index (κ2) is 6.68. The fourth-order valence-corrected chi connectivity index (χ4v) is 2.08. The zero-order valence-corrected chi connectivity index (χ0v) is 12.5. The molecule has 0 saturated carbocycles. The maximum absolute atomic E-state index is 11.3. The number of imidazole rings is 1. The van der Waals surface area contributed by atoms with Crippen LogP contribution >= 0.6 is 0 Å². The average Bonchev–Trinajstić information content (AvgIpc) is 2.74. The topological polar surface area (TPSA) is 129 Å². The van der Waals surface area contributed by atoms with Gasteiger partial charge in [-0.25, -0.2) is 9.78 Å². The van der Waals surface area contributed by atoms with Gasteiger partial charge in [-0.3, -0.25) is 4.79 Å². The van der Waals surface area contributed by atoms with Crippen molar-refractivity contribution >= 4 is 11.9 Å². The normalized spacial score (nSPS) is 14.7. The van der Waals surface area contributed by atoms with Gasteiger partial charge in [-0.1, -0.05) is 0 Å². The summed E-state index contributed by atoms with van der Waals surface area (Å²) in [6.07, 6.45) is 2.63. The van der Waals surface area contributed by atoms with Gasteiger partial charge in [0.15, 0.2) is 6.04 Å². The number of hydrogen-bond acceptors (Lipinski definition) is 4. The van der Waals surface area contributed by atoms with Crippen molar-refractivity contribution in [3.8, 4) is 0 Å². The molecule has 0 bridgehead atoms. The van der Waals surface area contributed by atoms with Crippen molar-refractivity contribution in [1.82, 2.24) is 9.97 Å². The molecule has 1 aromatic rings. The summed E-state index contributed by atoms with van der Waals surface area (Å²) in [6.45, 7) is 0. The number of carboxylic acid groups (broad SMARTS) is 2. The molecular formula is C13H23N4O4+. The van der Waals surface area contributed by atoms with E-state index in [9.17, 15) is 14.7 Å². The maximum atomic E-state index is 11.3. The number of carboxylic acids is 2. The van der Waals surface area contributed by atoms with Crippen LogP contribution in [-0.2, 0) is 22.4 Å². The fourth-order valence-electron chi connectivity index (χ4n) is 2.08. The molecule has 0 aliphatic heterocycles. The third-order valence-electron chi connectivity index (χ3n) is 3.31. The lowest BCUT2D eigenvalue weighted by atomic mass is 10.1. The second-order valence-electron chi connectivity index (χ2n) is 6.01. The quantitative estimate of drug-likeness (QED) is 0.477. The predicted molar refractivity (Wildman–Crippen MR) is 75.7 cm³/mol. The van der Waals surface area contributed by atoms with Crippen LogP contribution in [0, 0.1) is 0 Å². The number of nitrogens with zero attached hydrogens (tertiary/aromatic N) is 2. The Morgan fingerprint density at radius 1 is 1.33 bits per heavy atom. The van der Waals surface area contributed by atoms with E-state index in [-0.39, 0.29) is 6.42 Å². The number of quaternary nitrogens is 1. The van der Waals surface area contributed by atoms with Crippen molar-refractivity contribution in [3.05, 3.63) is 17.7 Å². The van der Waals surface area contributed by atoms with Crippen LogP contribution in [0.15, 0.2) is 6.20 Å². The highest BCUT2D eigenvalue weighted by molar-refractivity contribution is 5.73. The number of aryl methyl sites for hydroxylation is 1. The Balaban J connectivity index is 2.62. The third-order valence-corrected chi connectivity index (χ3v) is 3.31. The smallest absolute Gasteiger partial charge is 0.362 e. The molecule has 1 rings (SSSR count). The van der Waals surface area contributed by atoms with Crippen LogP contribution in [0.2, 0.25) is 0 Å². The van der Waals surface area contributed by atoms with Crippen LogP contribution in [-0.4, -0.2) is 69.8 Å². The Bertz CT molecular complexity index is 507. The van der Waals surface area contributed by atoms with E-state index in [1.54, 1.807) is 6.20 Å². The summed E-state index contributed by atoms with van der Waals surface area (Å²) in [5.41, 5.74) is 6.09. The van der Waals surface area contributed by atoms with E-state index in [4.69, 9.17) is 10.8 Å². The highest BCUT2D eigenvalue weighted by Crippen LogP contribution is 2.12. The van der Waals surface area contributed by atoms with Crippen molar-refractivity contribution in [2.75, 3.05) is 21.1 Å². The van der Waals surface area contributed by atoms with Crippen molar-refractivity contribution in [3.63, 3.8) is 0 Å². The number of nitrogens with one attached hydrogen (secondary N) is 1. The zero-order chi connectivity index (χ0) is 16.2. The van der Waals surface area contributed by atoms with E-state index in [0.29, 0.717) is 28.8 Å². The Morgan fingerprint density at radius 2 is 1.95 bits per heavy atom. The van der Waals surface area contributed by atoms with Crippen LogP contribution in [0.5, 0.6) is 0 Å². The Hall–Kier alpha value is -1.93. The number of hydrogen-bond donors (Lipinski definition) is 4. The van der Waals surface area contributed by atoms with E-state index in [1.165, 1.54) is 0 Å². The molecule has 8 nitrogen and oxygen atoms in total. The lowest BCUT2D eigenvalue weighted by Crippen LogP contribution is -2.50. The molecule has 0 saturated heterocycles. The molecule has 0 fully saturated rings. The second-order valence-corrected chi connectivity index (χ2v) is 6.01. The molecule has 1 aromatic heterocycles. The number of nitrogens with two attached hydrogens (primary N) is 1. The Kier molecular flexibility index (Phi) is 5.45. The average molecular weight is 299 g/mol. The molecule has 1 unspecified atom stereocenters. The number of aromatic amines is 1. The van der Waals surface area contributed by atoms with Crippen LogP contribution in [0.4, 0.5) is 0 Å². The molecular weight excluding hydrogens is 276 g/mol. The molecule has 1 heterocycles. The Labute approximate surface area is 123 Å². The Morgan fingerprint density at radius 3 is 2.43 bits per heavy atom. The number of rotatable bonds is 8. The molecule has 0 aliphatic rings. The minimum absolute atomic E-state index is 0.167. The van der Waals surface area contributed by atoms with E-state index in [0.717, 1.165) is 0 Å². The highest BCUT2D eigenvalue weighted by atomic mass is 16.4. The first kappa shape index (κ1) is 17.1. The maximum Gasteiger partial charge on any atom is 0.362 e. The van der Waals surface area contributed by atoms with Crippen LogP contribution in [0.1, 0.15) is 17.9 Å². The summed E-state index contributed by atoms with van der Waals surface area (Å²) in [6, 6.07) is -1.50. The molecule has 0 aromatic carbocycles. The lowest BCUT2D eigenvalue weighted by molar-refractivity contribution is -0.887. The standard InChI is InChI=1S/C13H22N4O4/c1-17(2,3)10(13(20)21)4-5-11-15-7-8(16-11)6-9(14)12(18)19/h7,9-10H,4-6,14H2,1-3H3,(H2-,15,16,18,19,20,21)/p+1/t9-,10?/m0/s1. The van der Waals surface area contributed by atoms with Gasteiger partial charge in [-0.15, -0.1) is 0 Å². The van der Waals surface area contributed by atoms with Crippen molar-refractivity contribution in [2.45, 2.75) is 31.3 Å². The summed E-state index contributed by atoms with van der Waals surface area (Å²) in [7, 11) is 5.49. The van der Waals surface area contributed by atoms with Gasteiger partial charge in [-0.2, -0.15) is 0 Å². The first-order valence-electron chi connectivity index (χ1n) is 6.66. The third kappa shape index (κ3) is 5.16. The van der Waals surface area contributed by atoms with Crippen molar-refractivity contribution < 1.29 is 24.3 Å². The predicted octanol–water partition coefficient (Wildman–Crippen LogP) is -0.544. The molecule has 5 N–H and O–H groups in total. The number of aromatic nitrogens is 2. The van der Waals surface area contributed by atoms with Gasteiger partial charge >= 0.3 is 11.9 Å². The van der Waals surface area contributed by atoms with E-state index in [1.807, 2.05) is 21.1 Å². The monoisotopic (exact) mass is 299 g/mol.